The first-order chi connectivity index (χ1) is 8.93. The molecule has 19 heavy (non-hydrogen) atoms. The van der Waals surface area contributed by atoms with Crippen LogP contribution < -0.4 is 5.32 Å². The fourth-order valence-corrected chi connectivity index (χ4v) is 2.91. The van der Waals surface area contributed by atoms with E-state index in [1.807, 2.05) is 7.11 Å². The van der Waals surface area contributed by atoms with Crippen LogP contribution >= 0.6 is 0 Å². The van der Waals surface area contributed by atoms with Crippen molar-refractivity contribution in [2.75, 3.05) is 46.4 Å². The zero-order valence-electron chi connectivity index (χ0n) is 13.7. The highest BCUT2D eigenvalue weighted by molar-refractivity contribution is 4.80. The van der Waals surface area contributed by atoms with Crippen LogP contribution in [0.15, 0.2) is 0 Å². The molecule has 0 aliphatic carbocycles. The van der Waals surface area contributed by atoms with E-state index >= 15 is 0 Å². The van der Waals surface area contributed by atoms with E-state index in [1.165, 1.54) is 32.5 Å². The average Bonchev–Trinajstić information content (AvgIpc) is 2.31. The summed E-state index contributed by atoms with van der Waals surface area (Å²) < 4.78 is 5.26. The van der Waals surface area contributed by atoms with Gasteiger partial charge < -0.3 is 15.0 Å². The molecule has 1 saturated heterocycles. The summed E-state index contributed by atoms with van der Waals surface area (Å²) in [5, 5.41) is 3.60. The average molecular weight is 270 g/mol. The first-order valence-electron chi connectivity index (χ1n) is 7.85. The minimum Gasteiger partial charge on any atom is -0.384 e. The molecular formula is C16H34N2O. The molecular weight excluding hydrogens is 236 g/mol. The highest BCUT2D eigenvalue weighted by atomic mass is 16.5. The number of hydrogen-bond acceptors (Lipinski definition) is 3. The fourth-order valence-electron chi connectivity index (χ4n) is 2.91. The highest BCUT2D eigenvalue weighted by Gasteiger charge is 2.25. The van der Waals surface area contributed by atoms with Crippen LogP contribution in [-0.4, -0.2) is 51.3 Å². The number of methoxy groups -OCH3 is 1. The summed E-state index contributed by atoms with van der Waals surface area (Å²) in [6.45, 7) is 16.1. The van der Waals surface area contributed by atoms with Gasteiger partial charge in [-0.1, -0.05) is 27.7 Å². The second-order valence-electron chi connectivity index (χ2n) is 7.36. The van der Waals surface area contributed by atoms with Crippen molar-refractivity contribution in [3.8, 4) is 0 Å². The van der Waals surface area contributed by atoms with E-state index in [-0.39, 0.29) is 0 Å². The number of likely N-dealkylation sites (tertiary alicyclic amines) is 1. The summed E-state index contributed by atoms with van der Waals surface area (Å²) in [6.07, 6.45) is 2.59. The molecule has 0 unspecified atom stereocenters. The quantitative estimate of drug-likeness (QED) is 0.734. The van der Waals surface area contributed by atoms with Gasteiger partial charge >= 0.3 is 0 Å². The second kappa shape index (κ2) is 8.23. The molecule has 1 rings (SSSR count). The minimum atomic E-state index is 0.364. The normalized spacial score (nSPS) is 19.3. The maximum atomic E-state index is 5.26. The highest BCUT2D eigenvalue weighted by Crippen LogP contribution is 2.22. The van der Waals surface area contributed by atoms with Gasteiger partial charge in [-0.3, -0.25) is 0 Å². The minimum absolute atomic E-state index is 0.364. The van der Waals surface area contributed by atoms with Gasteiger partial charge in [-0.05, 0) is 49.7 Å². The lowest BCUT2D eigenvalue weighted by atomic mass is 9.90. The van der Waals surface area contributed by atoms with Crippen LogP contribution in [0, 0.1) is 17.3 Å². The molecule has 114 valence electrons. The molecule has 0 atom stereocenters. The number of ether oxygens (including phenoxy) is 1. The number of nitrogens with one attached hydrogen (secondary N) is 1. The first kappa shape index (κ1) is 16.9. The van der Waals surface area contributed by atoms with Crippen molar-refractivity contribution in [3.63, 3.8) is 0 Å². The van der Waals surface area contributed by atoms with Gasteiger partial charge in [0.1, 0.15) is 0 Å². The Hall–Kier alpha value is -0.120. The Kier molecular flexibility index (Phi) is 7.33. The van der Waals surface area contributed by atoms with Crippen molar-refractivity contribution < 1.29 is 4.74 Å². The van der Waals surface area contributed by atoms with Crippen LogP contribution in [0.4, 0.5) is 0 Å². The molecule has 0 saturated carbocycles. The lowest BCUT2D eigenvalue weighted by molar-refractivity contribution is 0.0808. The maximum Gasteiger partial charge on any atom is 0.0491 e. The van der Waals surface area contributed by atoms with Crippen LogP contribution in [0.25, 0.3) is 0 Å². The third-order valence-corrected chi connectivity index (χ3v) is 3.92. The van der Waals surface area contributed by atoms with Crippen LogP contribution in [0.3, 0.4) is 0 Å². The summed E-state index contributed by atoms with van der Waals surface area (Å²) in [6, 6.07) is 0. The third-order valence-electron chi connectivity index (χ3n) is 3.92. The molecule has 0 aromatic carbocycles. The van der Waals surface area contributed by atoms with Gasteiger partial charge in [0.25, 0.3) is 0 Å². The summed E-state index contributed by atoms with van der Waals surface area (Å²) in [7, 11) is 1.82. The van der Waals surface area contributed by atoms with Crippen molar-refractivity contribution in [1.29, 1.82) is 0 Å². The second-order valence-corrected chi connectivity index (χ2v) is 7.36. The number of rotatable bonds is 8. The lowest BCUT2D eigenvalue weighted by Gasteiger charge is -2.37. The molecule has 3 nitrogen and oxygen atoms in total. The number of hydrogen-bond donors (Lipinski definition) is 1. The number of nitrogens with zero attached hydrogens (tertiary/aromatic N) is 1. The first-order valence-corrected chi connectivity index (χ1v) is 7.85. The van der Waals surface area contributed by atoms with E-state index in [9.17, 15) is 0 Å². The zero-order valence-corrected chi connectivity index (χ0v) is 13.7. The summed E-state index contributed by atoms with van der Waals surface area (Å²) in [5.41, 5.74) is 0.364. The number of piperidine rings is 1. The summed E-state index contributed by atoms with van der Waals surface area (Å²) in [4.78, 5) is 2.63. The standard InChI is InChI=1S/C16H34N2O/c1-14(2)10-17-12-16(3,4)13-18-8-6-15(7-9-18)11-19-5/h14-15,17H,6-13H2,1-5H3. The molecule has 0 aromatic heterocycles. The molecule has 1 heterocycles. The summed E-state index contributed by atoms with van der Waals surface area (Å²) >= 11 is 0. The van der Waals surface area contributed by atoms with Crippen LogP contribution in [0.1, 0.15) is 40.5 Å². The molecule has 0 amide bonds. The molecule has 0 bridgehead atoms. The van der Waals surface area contributed by atoms with Crippen molar-refractivity contribution in [2.45, 2.75) is 40.5 Å². The van der Waals surface area contributed by atoms with Crippen LogP contribution in [0.5, 0.6) is 0 Å². The van der Waals surface area contributed by atoms with E-state index in [1.54, 1.807) is 0 Å². The van der Waals surface area contributed by atoms with Crippen molar-refractivity contribution in [2.24, 2.45) is 17.3 Å². The molecule has 0 aromatic rings. The Bertz CT molecular complexity index is 233. The van der Waals surface area contributed by atoms with Gasteiger partial charge in [0.05, 0.1) is 0 Å². The van der Waals surface area contributed by atoms with Gasteiger partial charge in [0.2, 0.25) is 0 Å². The smallest absolute Gasteiger partial charge is 0.0491 e. The Labute approximate surface area is 120 Å². The Morgan fingerprint density at radius 1 is 1.26 bits per heavy atom. The van der Waals surface area contributed by atoms with Gasteiger partial charge in [0, 0.05) is 26.8 Å². The monoisotopic (exact) mass is 270 g/mol. The Morgan fingerprint density at radius 2 is 1.89 bits per heavy atom. The van der Waals surface area contributed by atoms with Crippen molar-refractivity contribution in [1.82, 2.24) is 10.2 Å². The Balaban J connectivity index is 2.22. The summed E-state index contributed by atoms with van der Waals surface area (Å²) in [5.74, 6) is 1.52. The Morgan fingerprint density at radius 3 is 2.42 bits per heavy atom. The topological polar surface area (TPSA) is 24.5 Å². The molecule has 0 radical (unpaired) electrons. The van der Waals surface area contributed by atoms with E-state index in [0.29, 0.717) is 5.41 Å². The van der Waals surface area contributed by atoms with Gasteiger partial charge in [0.15, 0.2) is 0 Å². The maximum absolute atomic E-state index is 5.26. The lowest BCUT2D eigenvalue weighted by Crippen LogP contribution is -2.44. The van der Waals surface area contributed by atoms with Gasteiger partial charge in [-0.15, -0.1) is 0 Å². The third kappa shape index (κ3) is 7.28. The van der Waals surface area contributed by atoms with Crippen molar-refractivity contribution in [3.05, 3.63) is 0 Å². The SMILES string of the molecule is COCC1CCN(CC(C)(C)CNCC(C)C)CC1. The molecule has 0 spiro atoms. The van der Waals surface area contributed by atoms with E-state index in [4.69, 9.17) is 4.74 Å². The molecule has 3 heteroatoms. The molecule has 1 aliphatic heterocycles. The van der Waals surface area contributed by atoms with Gasteiger partial charge in [-0.25, -0.2) is 0 Å². The molecule has 1 aliphatic rings. The van der Waals surface area contributed by atoms with E-state index in [0.717, 1.165) is 31.5 Å². The van der Waals surface area contributed by atoms with E-state index in [2.05, 4.69) is 37.9 Å². The van der Waals surface area contributed by atoms with Crippen LogP contribution in [0.2, 0.25) is 0 Å². The van der Waals surface area contributed by atoms with Crippen LogP contribution in [-0.2, 0) is 4.74 Å². The predicted molar refractivity (Wildman–Crippen MR) is 82.5 cm³/mol. The van der Waals surface area contributed by atoms with E-state index < -0.39 is 0 Å². The fraction of sp³-hybridized carbons (Fsp3) is 1.00. The molecule has 1 N–H and O–H groups in total. The molecule has 1 fully saturated rings. The van der Waals surface area contributed by atoms with Gasteiger partial charge in [-0.2, -0.15) is 0 Å². The largest absolute Gasteiger partial charge is 0.384 e. The van der Waals surface area contributed by atoms with Crippen molar-refractivity contribution >= 4 is 0 Å². The zero-order chi connectivity index (χ0) is 14.3. The predicted octanol–water partition coefficient (Wildman–Crippen LogP) is 2.62.